The lowest BCUT2D eigenvalue weighted by molar-refractivity contribution is -0.116. The number of carboxylic acids is 1. The van der Waals surface area contributed by atoms with E-state index in [1.807, 2.05) is 13.8 Å². The Kier molecular flexibility index (Phi) is 5.79. The van der Waals surface area contributed by atoms with Crippen LogP contribution in [-0.4, -0.2) is 29.6 Å². The van der Waals surface area contributed by atoms with Crippen LogP contribution >= 0.6 is 11.6 Å². The highest BCUT2D eigenvalue weighted by Crippen LogP contribution is 2.21. The number of carbonyl (C=O) groups is 2. The molecule has 104 valence electrons. The van der Waals surface area contributed by atoms with Crippen molar-refractivity contribution in [3.8, 4) is 0 Å². The summed E-state index contributed by atoms with van der Waals surface area (Å²) >= 11 is 5.80. The lowest BCUT2D eigenvalue weighted by atomic mass is 10.1. The van der Waals surface area contributed by atoms with Gasteiger partial charge in [0.25, 0.3) is 0 Å². The van der Waals surface area contributed by atoms with Gasteiger partial charge in [0.05, 0.1) is 11.3 Å². The Morgan fingerprint density at radius 2 is 2.11 bits per heavy atom. The van der Waals surface area contributed by atoms with E-state index in [-0.39, 0.29) is 29.6 Å². The summed E-state index contributed by atoms with van der Waals surface area (Å²) < 4.78 is 0. The normalized spacial score (nSPS) is 11.9. The van der Waals surface area contributed by atoms with E-state index in [4.69, 9.17) is 16.7 Å². The Morgan fingerprint density at radius 3 is 2.68 bits per heavy atom. The van der Waals surface area contributed by atoms with Gasteiger partial charge in [-0.1, -0.05) is 18.5 Å². The van der Waals surface area contributed by atoms with Gasteiger partial charge in [-0.05, 0) is 31.7 Å². The SMILES string of the molecule is CCNC(C)CC(=O)Nc1cc(Cl)ccc1C(=O)O. The second-order valence-electron chi connectivity index (χ2n) is 4.21. The van der Waals surface area contributed by atoms with Crippen molar-refractivity contribution in [1.82, 2.24) is 5.32 Å². The Bertz CT molecular complexity index is 477. The largest absolute Gasteiger partial charge is 0.478 e. The number of carbonyl (C=O) groups excluding carboxylic acids is 1. The zero-order chi connectivity index (χ0) is 14.4. The van der Waals surface area contributed by atoms with Gasteiger partial charge in [-0.15, -0.1) is 0 Å². The van der Waals surface area contributed by atoms with Gasteiger partial charge < -0.3 is 15.7 Å². The number of nitrogens with one attached hydrogen (secondary N) is 2. The lowest BCUT2D eigenvalue weighted by Gasteiger charge is -2.13. The van der Waals surface area contributed by atoms with Crippen LogP contribution in [0.3, 0.4) is 0 Å². The summed E-state index contributed by atoms with van der Waals surface area (Å²) in [5.74, 6) is -1.36. The molecule has 0 bridgehead atoms. The molecule has 1 amide bonds. The predicted molar refractivity (Wildman–Crippen MR) is 74.8 cm³/mol. The zero-order valence-electron chi connectivity index (χ0n) is 10.9. The predicted octanol–water partition coefficient (Wildman–Crippen LogP) is 2.36. The minimum absolute atomic E-state index is 0.0221. The average Bonchev–Trinajstić information content (AvgIpc) is 2.28. The quantitative estimate of drug-likeness (QED) is 0.749. The molecule has 0 saturated carbocycles. The molecule has 1 aromatic carbocycles. The highest BCUT2D eigenvalue weighted by molar-refractivity contribution is 6.31. The number of carboxylic acid groups (broad SMARTS) is 1. The summed E-state index contributed by atoms with van der Waals surface area (Å²) in [4.78, 5) is 22.8. The van der Waals surface area contributed by atoms with Crippen LogP contribution in [0.4, 0.5) is 5.69 Å². The van der Waals surface area contributed by atoms with Crippen molar-refractivity contribution in [1.29, 1.82) is 0 Å². The molecule has 0 aliphatic rings. The summed E-state index contributed by atoms with van der Waals surface area (Å²) in [6, 6.07) is 4.30. The molecule has 0 aliphatic carbocycles. The van der Waals surface area contributed by atoms with Crippen LogP contribution in [0.1, 0.15) is 30.6 Å². The van der Waals surface area contributed by atoms with E-state index in [0.717, 1.165) is 6.54 Å². The molecule has 19 heavy (non-hydrogen) atoms. The van der Waals surface area contributed by atoms with Crippen molar-refractivity contribution in [3.63, 3.8) is 0 Å². The van der Waals surface area contributed by atoms with Crippen LogP contribution in [-0.2, 0) is 4.79 Å². The smallest absolute Gasteiger partial charge is 0.337 e. The first kappa shape index (κ1) is 15.5. The van der Waals surface area contributed by atoms with Crippen LogP contribution in [0.2, 0.25) is 5.02 Å². The molecule has 0 spiro atoms. The van der Waals surface area contributed by atoms with Gasteiger partial charge in [-0.2, -0.15) is 0 Å². The van der Waals surface area contributed by atoms with Gasteiger partial charge in [-0.25, -0.2) is 4.79 Å². The minimum Gasteiger partial charge on any atom is -0.478 e. The molecule has 0 aromatic heterocycles. The monoisotopic (exact) mass is 284 g/mol. The first-order valence-corrected chi connectivity index (χ1v) is 6.38. The molecule has 0 fully saturated rings. The molecule has 1 atom stereocenters. The summed E-state index contributed by atoms with van der Waals surface area (Å²) in [5.41, 5.74) is 0.238. The van der Waals surface area contributed by atoms with Gasteiger partial charge in [-0.3, -0.25) is 4.79 Å². The summed E-state index contributed by atoms with van der Waals surface area (Å²) in [6.07, 6.45) is 0.263. The Hall–Kier alpha value is -1.59. The maximum atomic E-state index is 11.8. The fourth-order valence-electron chi connectivity index (χ4n) is 1.71. The first-order chi connectivity index (χ1) is 8.93. The maximum absolute atomic E-state index is 11.8. The van der Waals surface area contributed by atoms with Crippen molar-refractivity contribution in [2.24, 2.45) is 0 Å². The van der Waals surface area contributed by atoms with Gasteiger partial charge in [0, 0.05) is 17.5 Å². The molecule has 1 unspecified atom stereocenters. The minimum atomic E-state index is -1.10. The molecular weight excluding hydrogens is 268 g/mol. The number of hydrogen-bond acceptors (Lipinski definition) is 3. The number of anilines is 1. The number of amides is 1. The van der Waals surface area contributed by atoms with Crippen molar-refractivity contribution >= 4 is 29.2 Å². The second-order valence-corrected chi connectivity index (χ2v) is 4.64. The van der Waals surface area contributed by atoms with Crippen molar-refractivity contribution in [2.45, 2.75) is 26.3 Å². The third-order valence-electron chi connectivity index (χ3n) is 2.53. The standard InChI is InChI=1S/C13H17ClN2O3/c1-3-15-8(2)6-12(17)16-11-7-9(14)4-5-10(11)13(18)19/h4-5,7-8,15H,3,6H2,1-2H3,(H,16,17)(H,18,19). The molecule has 0 saturated heterocycles. The van der Waals surface area contributed by atoms with E-state index in [1.165, 1.54) is 18.2 Å². The van der Waals surface area contributed by atoms with Crippen LogP contribution in [0.25, 0.3) is 0 Å². The molecule has 1 rings (SSSR count). The molecule has 6 heteroatoms. The number of halogens is 1. The molecule has 5 nitrogen and oxygen atoms in total. The van der Waals surface area contributed by atoms with Gasteiger partial charge in [0.1, 0.15) is 0 Å². The second kappa shape index (κ2) is 7.11. The number of rotatable bonds is 6. The number of hydrogen-bond donors (Lipinski definition) is 3. The summed E-state index contributed by atoms with van der Waals surface area (Å²) in [6.45, 7) is 4.61. The molecule has 1 aromatic rings. The lowest BCUT2D eigenvalue weighted by Crippen LogP contribution is -2.30. The highest BCUT2D eigenvalue weighted by Gasteiger charge is 2.14. The average molecular weight is 285 g/mol. The Morgan fingerprint density at radius 1 is 1.42 bits per heavy atom. The summed E-state index contributed by atoms with van der Waals surface area (Å²) in [5, 5.41) is 15.1. The summed E-state index contributed by atoms with van der Waals surface area (Å²) in [7, 11) is 0. The topological polar surface area (TPSA) is 78.4 Å². The van der Waals surface area contributed by atoms with Gasteiger partial charge >= 0.3 is 5.97 Å². The highest BCUT2D eigenvalue weighted by atomic mass is 35.5. The van der Waals surface area contributed by atoms with Crippen molar-refractivity contribution in [3.05, 3.63) is 28.8 Å². The van der Waals surface area contributed by atoms with Crippen molar-refractivity contribution < 1.29 is 14.7 Å². The molecular formula is C13H17ClN2O3. The van der Waals surface area contributed by atoms with Crippen molar-refractivity contribution in [2.75, 3.05) is 11.9 Å². The van der Waals surface area contributed by atoms with E-state index in [9.17, 15) is 9.59 Å². The molecule has 0 radical (unpaired) electrons. The molecule has 0 aliphatic heterocycles. The fourth-order valence-corrected chi connectivity index (χ4v) is 1.88. The fraction of sp³-hybridized carbons (Fsp3) is 0.385. The molecule has 0 heterocycles. The zero-order valence-corrected chi connectivity index (χ0v) is 11.6. The van der Waals surface area contributed by atoms with Gasteiger partial charge in [0.15, 0.2) is 0 Å². The third kappa shape index (κ3) is 4.89. The van der Waals surface area contributed by atoms with E-state index in [0.29, 0.717) is 5.02 Å². The number of benzene rings is 1. The van der Waals surface area contributed by atoms with Gasteiger partial charge in [0.2, 0.25) is 5.91 Å². The Labute approximate surface area is 117 Å². The van der Waals surface area contributed by atoms with E-state index in [1.54, 1.807) is 0 Å². The third-order valence-corrected chi connectivity index (χ3v) is 2.77. The molecule has 3 N–H and O–H groups in total. The van der Waals surface area contributed by atoms with E-state index in [2.05, 4.69) is 10.6 Å². The Balaban J connectivity index is 2.78. The van der Waals surface area contributed by atoms with Crippen LogP contribution in [0.15, 0.2) is 18.2 Å². The van der Waals surface area contributed by atoms with E-state index < -0.39 is 5.97 Å². The first-order valence-electron chi connectivity index (χ1n) is 6.00. The number of aromatic carboxylic acids is 1. The van der Waals surface area contributed by atoms with Crippen LogP contribution in [0, 0.1) is 0 Å². The maximum Gasteiger partial charge on any atom is 0.337 e. The van der Waals surface area contributed by atoms with E-state index >= 15 is 0 Å². The van der Waals surface area contributed by atoms with Crippen LogP contribution < -0.4 is 10.6 Å². The van der Waals surface area contributed by atoms with Crippen LogP contribution in [0.5, 0.6) is 0 Å².